The summed E-state index contributed by atoms with van der Waals surface area (Å²) in [6, 6.07) is 7.49. The van der Waals surface area contributed by atoms with Gasteiger partial charge in [-0.05, 0) is 23.8 Å². The first-order valence-corrected chi connectivity index (χ1v) is 6.02. The second kappa shape index (κ2) is 5.99. The minimum absolute atomic E-state index is 0.137. The van der Waals surface area contributed by atoms with E-state index >= 15 is 0 Å². The second-order valence-corrected chi connectivity index (χ2v) is 5.49. The van der Waals surface area contributed by atoms with Gasteiger partial charge in [0.2, 0.25) is 0 Å². The Morgan fingerprint density at radius 1 is 1.29 bits per heavy atom. The molecule has 0 radical (unpaired) electrons. The van der Waals surface area contributed by atoms with E-state index in [1.165, 1.54) is 0 Å². The molecule has 17 heavy (non-hydrogen) atoms. The molecule has 2 nitrogen and oxygen atoms in total. The highest BCUT2D eigenvalue weighted by atomic mass is 35.5. The Balaban J connectivity index is 2.55. The number of hydrogen-bond donors (Lipinski definition) is 0. The molecule has 0 amide bonds. The quantitative estimate of drug-likeness (QED) is 0.582. The lowest BCUT2D eigenvalue weighted by Crippen LogP contribution is -2.36. The van der Waals surface area contributed by atoms with Crippen LogP contribution in [0.2, 0.25) is 5.02 Å². The molecular formula is C14H19ClNO+. The number of nitrogens with zero attached hydrogens (tertiary/aromatic N) is 1. The van der Waals surface area contributed by atoms with Gasteiger partial charge in [-0.3, -0.25) is 4.79 Å². The summed E-state index contributed by atoms with van der Waals surface area (Å²) < 4.78 is 0.797. The summed E-state index contributed by atoms with van der Waals surface area (Å²) in [6.45, 7) is 0.839. The Kier molecular flexibility index (Phi) is 4.91. The van der Waals surface area contributed by atoms with Crippen LogP contribution >= 0.6 is 11.6 Å². The first-order chi connectivity index (χ1) is 7.88. The average Bonchev–Trinajstić information content (AvgIpc) is 2.24. The average molecular weight is 253 g/mol. The minimum Gasteiger partial charge on any atom is -0.331 e. The largest absolute Gasteiger partial charge is 0.331 e. The van der Waals surface area contributed by atoms with Crippen molar-refractivity contribution >= 4 is 23.5 Å². The summed E-state index contributed by atoms with van der Waals surface area (Å²) in [4.78, 5) is 11.6. The smallest absolute Gasteiger partial charge is 0.161 e. The third kappa shape index (κ3) is 5.66. The molecule has 0 aliphatic rings. The van der Waals surface area contributed by atoms with Crippen LogP contribution in [0.3, 0.4) is 0 Å². The van der Waals surface area contributed by atoms with E-state index in [-0.39, 0.29) is 5.78 Å². The highest BCUT2D eigenvalue weighted by Gasteiger charge is 2.08. The van der Waals surface area contributed by atoms with E-state index in [0.717, 1.165) is 16.6 Å². The highest BCUT2D eigenvalue weighted by molar-refractivity contribution is 6.32. The molecule has 0 aliphatic heterocycles. The summed E-state index contributed by atoms with van der Waals surface area (Å²) in [5, 5.41) is 0.670. The molecular weight excluding hydrogens is 234 g/mol. The van der Waals surface area contributed by atoms with Gasteiger partial charge in [-0.25, -0.2) is 0 Å². The van der Waals surface area contributed by atoms with Gasteiger partial charge in [0.15, 0.2) is 5.78 Å². The lowest BCUT2D eigenvalue weighted by Gasteiger charge is -2.22. The molecule has 3 heteroatoms. The first kappa shape index (κ1) is 13.9. The summed E-state index contributed by atoms with van der Waals surface area (Å²) in [5.74, 6) is 0.137. The van der Waals surface area contributed by atoms with Crippen molar-refractivity contribution in [1.29, 1.82) is 0 Å². The molecule has 0 spiro atoms. The van der Waals surface area contributed by atoms with Gasteiger partial charge < -0.3 is 4.48 Å². The van der Waals surface area contributed by atoms with E-state index in [4.69, 9.17) is 11.6 Å². The fourth-order valence-electron chi connectivity index (χ4n) is 1.32. The normalized spacial score (nSPS) is 12.0. The predicted octanol–water partition coefficient (Wildman–Crippen LogP) is 3.02. The van der Waals surface area contributed by atoms with Crippen molar-refractivity contribution < 1.29 is 9.28 Å². The van der Waals surface area contributed by atoms with Gasteiger partial charge in [-0.1, -0.05) is 29.8 Å². The van der Waals surface area contributed by atoms with Crippen LogP contribution in [0.1, 0.15) is 12.0 Å². The highest BCUT2D eigenvalue weighted by Crippen LogP contribution is 2.16. The predicted molar refractivity (Wildman–Crippen MR) is 73.0 cm³/mol. The molecule has 92 valence electrons. The Bertz CT molecular complexity index is 418. The lowest BCUT2D eigenvalue weighted by atomic mass is 10.1. The molecule has 1 aromatic carbocycles. The minimum atomic E-state index is 0.137. The summed E-state index contributed by atoms with van der Waals surface area (Å²) in [5.41, 5.74) is 0.882. The molecule has 0 aromatic heterocycles. The fourth-order valence-corrected chi connectivity index (χ4v) is 1.52. The van der Waals surface area contributed by atoms with Crippen LogP contribution in [0.4, 0.5) is 0 Å². The third-order valence-electron chi connectivity index (χ3n) is 2.38. The monoisotopic (exact) mass is 252 g/mol. The van der Waals surface area contributed by atoms with Gasteiger partial charge in [-0.2, -0.15) is 0 Å². The molecule has 0 saturated heterocycles. The van der Waals surface area contributed by atoms with Crippen molar-refractivity contribution in [1.82, 2.24) is 0 Å². The standard InChI is InChI=1S/C14H19ClNO/c1-16(2,3)11-10-13(17)9-8-12-6-4-5-7-14(12)15/h4-9H,10-11H2,1-3H3/q+1/b9-8+. The SMILES string of the molecule is C[N+](C)(C)CCC(=O)/C=C/c1ccccc1Cl. The Morgan fingerprint density at radius 2 is 1.94 bits per heavy atom. The van der Waals surface area contributed by atoms with Crippen LogP contribution in [0, 0.1) is 0 Å². The number of hydrogen-bond acceptors (Lipinski definition) is 1. The topological polar surface area (TPSA) is 17.1 Å². The van der Waals surface area contributed by atoms with Gasteiger partial charge in [0.05, 0.1) is 34.1 Å². The Morgan fingerprint density at radius 3 is 2.53 bits per heavy atom. The third-order valence-corrected chi connectivity index (χ3v) is 2.73. The van der Waals surface area contributed by atoms with Crippen LogP contribution in [-0.2, 0) is 4.79 Å². The zero-order chi connectivity index (χ0) is 12.9. The summed E-state index contributed by atoms with van der Waals surface area (Å²) >= 11 is 5.99. The van der Waals surface area contributed by atoms with Crippen LogP contribution in [0.5, 0.6) is 0 Å². The van der Waals surface area contributed by atoms with E-state index in [9.17, 15) is 4.79 Å². The molecule has 0 N–H and O–H groups in total. The number of carbonyl (C=O) groups excluding carboxylic acids is 1. The molecule has 0 aliphatic carbocycles. The van der Waals surface area contributed by atoms with Gasteiger partial charge >= 0.3 is 0 Å². The van der Waals surface area contributed by atoms with Crippen molar-refractivity contribution in [2.75, 3.05) is 27.7 Å². The van der Waals surface area contributed by atoms with E-state index < -0.39 is 0 Å². The van der Waals surface area contributed by atoms with Crippen molar-refractivity contribution in [3.05, 3.63) is 40.9 Å². The zero-order valence-electron chi connectivity index (χ0n) is 10.6. The molecule has 0 atom stereocenters. The van der Waals surface area contributed by atoms with Crippen molar-refractivity contribution in [3.8, 4) is 0 Å². The number of allylic oxidation sites excluding steroid dienone is 1. The maximum atomic E-state index is 11.6. The Hall–Kier alpha value is -1.12. The molecule has 0 unspecified atom stereocenters. The molecule has 0 saturated carbocycles. The Labute approximate surface area is 108 Å². The fraction of sp³-hybridized carbons (Fsp3) is 0.357. The number of carbonyl (C=O) groups is 1. The molecule has 1 rings (SSSR count). The van der Waals surface area contributed by atoms with E-state index in [0.29, 0.717) is 11.4 Å². The maximum Gasteiger partial charge on any atom is 0.161 e. The van der Waals surface area contributed by atoms with Crippen LogP contribution in [-0.4, -0.2) is 38.0 Å². The molecule has 1 aromatic rings. The van der Waals surface area contributed by atoms with E-state index in [2.05, 4.69) is 21.1 Å². The van der Waals surface area contributed by atoms with Crippen LogP contribution in [0.25, 0.3) is 6.08 Å². The number of benzene rings is 1. The number of rotatable bonds is 5. The first-order valence-electron chi connectivity index (χ1n) is 5.64. The number of ketones is 1. The number of halogens is 1. The summed E-state index contributed by atoms with van der Waals surface area (Å²) in [7, 11) is 6.22. The maximum absolute atomic E-state index is 11.6. The van der Waals surface area contributed by atoms with Crippen LogP contribution in [0.15, 0.2) is 30.3 Å². The van der Waals surface area contributed by atoms with Crippen molar-refractivity contribution in [2.45, 2.75) is 6.42 Å². The lowest BCUT2D eigenvalue weighted by molar-refractivity contribution is -0.869. The van der Waals surface area contributed by atoms with Gasteiger partial charge in [0, 0.05) is 5.02 Å². The number of quaternary nitrogens is 1. The van der Waals surface area contributed by atoms with Gasteiger partial charge in [0.1, 0.15) is 0 Å². The van der Waals surface area contributed by atoms with Crippen molar-refractivity contribution in [2.24, 2.45) is 0 Å². The molecule has 0 fully saturated rings. The zero-order valence-corrected chi connectivity index (χ0v) is 11.4. The van der Waals surface area contributed by atoms with Gasteiger partial charge in [-0.15, -0.1) is 0 Å². The van der Waals surface area contributed by atoms with Crippen LogP contribution < -0.4 is 0 Å². The van der Waals surface area contributed by atoms with Gasteiger partial charge in [0.25, 0.3) is 0 Å². The molecule has 0 bridgehead atoms. The summed E-state index contributed by atoms with van der Waals surface area (Å²) in [6.07, 6.45) is 3.95. The molecule has 0 heterocycles. The van der Waals surface area contributed by atoms with E-state index in [1.807, 2.05) is 24.3 Å². The van der Waals surface area contributed by atoms with E-state index in [1.54, 1.807) is 12.2 Å². The second-order valence-electron chi connectivity index (χ2n) is 5.09. The van der Waals surface area contributed by atoms with Crippen molar-refractivity contribution in [3.63, 3.8) is 0 Å².